The Morgan fingerprint density at radius 3 is 0.532 bits per heavy atom. The van der Waals surface area contributed by atoms with E-state index < -0.39 is 0 Å². The van der Waals surface area contributed by atoms with Crippen molar-refractivity contribution >= 4 is 91.4 Å². The number of hydrogen-bond acceptors (Lipinski definition) is 6. The zero-order chi connectivity index (χ0) is 47.2. The maximum atomic E-state index is 5.63. The van der Waals surface area contributed by atoms with Crippen molar-refractivity contribution in [3.63, 3.8) is 0 Å². The fourth-order valence-corrected chi connectivity index (χ4v) is 7.21. The van der Waals surface area contributed by atoms with Crippen molar-refractivity contribution in [2.24, 2.45) is 30.0 Å². The van der Waals surface area contributed by atoms with Gasteiger partial charge < -0.3 is 58.8 Å². The van der Waals surface area contributed by atoms with Crippen molar-refractivity contribution < 1.29 is 0 Å². The zero-order valence-electron chi connectivity index (χ0n) is 42.4. The average Bonchev–Trinajstić information content (AvgIpc) is 3.13. The lowest BCUT2D eigenvalue weighted by Gasteiger charge is -2.28. The number of rotatable bonds is 6. The first-order valence-corrected chi connectivity index (χ1v) is 20.4. The van der Waals surface area contributed by atoms with Crippen LogP contribution in [0.15, 0.2) is 54.2 Å². The van der Waals surface area contributed by atoms with Crippen molar-refractivity contribution in [2.75, 3.05) is 169 Å². The van der Waals surface area contributed by atoms with Gasteiger partial charge in [-0.05, 0) is 24.3 Å². The lowest BCUT2D eigenvalue weighted by Crippen LogP contribution is -2.35. The van der Waals surface area contributed by atoms with Crippen LogP contribution < -0.4 is 0 Å². The summed E-state index contributed by atoms with van der Waals surface area (Å²) in [6.07, 6.45) is 0. The number of benzene rings is 3. The van der Waals surface area contributed by atoms with Crippen LogP contribution in [-0.2, 0) is 0 Å². The molecule has 342 valence electrons. The minimum absolute atomic E-state index is 0.601. The van der Waals surface area contributed by atoms with Crippen LogP contribution in [0.1, 0.15) is 0 Å². The van der Waals surface area contributed by atoms with Crippen molar-refractivity contribution in [3.05, 3.63) is 24.3 Å². The van der Waals surface area contributed by atoms with Gasteiger partial charge in [-0.25, -0.2) is 30.0 Å². The van der Waals surface area contributed by atoms with Gasteiger partial charge in [-0.1, -0.05) is 0 Å². The normalized spacial score (nSPS) is 10.6. The molecule has 0 aliphatic carbocycles. The molecule has 0 aliphatic heterocycles. The number of guanidine groups is 6. The van der Waals surface area contributed by atoms with Crippen molar-refractivity contribution in [3.8, 4) is 0 Å². The van der Waals surface area contributed by atoms with E-state index in [-0.39, 0.29) is 0 Å². The van der Waals surface area contributed by atoms with Gasteiger partial charge in [-0.2, -0.15) is 0 Å². The highest BCUT2D eigenvalue weighted by Crippen LogP contribution is 2.55. The van der Waals surface area contributed by atoms with E-state index >= 15 is 0 Å². The van der Waals surface area contributed by atoms with Gasteiger partial charge in [0.1, 0.15) is 11.4 Å². The summed E-state index contributed by atoms with van der Waals surface area (Å²) in [5.74, 6) is 4.39. The molecule has 0 fully saturated rings. The summed E-state index contributed by atoms with van der Waals surface area (Å²) < 4.78 is 0. The highest BCUT2D eigenvalue weighted by Gasteiger charge is 2.28. The summed E-state index contributed by atoms with van der Waals surface area (Å²) in [5.41, 5.74) is 3.98. The Morgan fingerprint density at radius 1 is 0.226 bits per heavy atom. The molecule has 3 rings (SSSR count). The summed E-state index contributed by atoms with van der Waals surface area (Å²) in [4.78, 5) is 57.1. The van der Waals surface area contributed by atoms with Crippen LogP contribution in [0.5, 0.6) is 0 Å². The quantitative estimate of drug-likeness (QED) is 0.196. The first-order chi connectivity index (χ1) is 28.7. The molecule has 18 nitrogen and oxygen atoms in total. The van der Waals surface area contributed by atoms with Gasteiger partial charge in [0.15, 0.2) is 0 Å². The number of aliphatic imine (C=N–C) groups is 6. The largest absolute Gasteiger partial charge is 0.349 e. The van der Waals surface area contributed by atoms with Gasteiger partial charge in [0.05, 0.1) is 22.7 Å². The fraction of sp³-hybridized carbons (Fsp3) is 0.545. The van der Waals surface area contributed by atoms with E-state index in [1.54, 1.807) is 0 Å². The zero-order valence-corrected chi connectivity index (χ0v) is 42.4. The molecule has 0 unspecified atom stereocenters. The SMILES string of the molecule is CN(C)C(=Nc1ccc(N=C(N(C)C)N(C)C)c2c1c(N=C(N(C)C)N(C)C)c(N=C(N(C)C)N(C)C)c1c(N=C(N(C)C)N(C)C)ccc(N=C(N(C)C)N(C)C)c12)N(C)C. The summed E-state index contributed by atoms with van der Waals surface area (Å²) in [6.45, 7) is 0. The number of nitrogens with zero attached hydrogens (tertiary/aromatic N) is 18. The predicted molar refractivity (Wildman–Crippen MR) is 268 cm³/mol. The Hall–Kier alpha value is -6.20. The molecule has 0 aromatic heterocycles. The topological polar surface area (TPSA) is 113 Å². The molecule has 0 saturated carbocycles. The van der Waals surface area contributed by atoms with E-state index in [0.29, 0.717) is 46.0 Å². The third-order valence-electron chi connectivity index (χ3n) is 9.38. The minimum atomic E-state index is 0.601. The van der Waals surface area contributed by atoms with Crippen LogP contribution in [0.2, 0.25) is 0 Å². The first kappa shape index (κ1) is 50.2. The van der Waals surface area contributed by atoms with E-state index in [2.05, 4.69) is 0 Å². The van der Waals surface area contributed by atoms with Crippen LogP contribution >= 0.6 is 0 Å². The second kappa shape index (κ2) is 20.6. The number of hydrogen-bond donors (Lipinski definition) is 0. The molecule has 0 N–H and O–H groups in total. The summed E-state index contributed by atoms with van der Waals surface area (Å²) >= 11 is 0. The van der Waals surface area contributed by atoms with Crippen LogP contribution in [-0.4, -0.2) is 264 Å². The molecule has 0 atom stereocenters. The van der Waals surface area contributed by atoms with E-state index in [9.17, 15) is 0 Å². The monoisotopic (exact) mass is 857 g/mol. The standard InChI is InChI=1S/C44H76N18/c1-51(2)39(52(3)4)45-29-25-27-31(47-41(55(9)10)56(11)12)35-33(29)34-30(46-40(53(5)6)54(7)8)26-28-32(48-42(57(13)14)58(15)16)36(34)38(50-44(61(21)22)62(23)24)37(35)49-43(59(17)18)60(19)20/h25-28H,1-24H3. The Balaban J connectivity index is 3.32. The first-order valence-electron chi connectivity index (χ1n) is 20.4. The molecule has 0 amide bonds. The van der Waals surface area contributed by atoms with E-state index in [1.165, 1.54) is 0 Å². The van der Waals surface area contributed by atoms with Gasteiger partial charge in [0.25, 0.3) is 0 Å². The van der Waals surface area contributed by atoms with E-state index in [0.717, 1.165) is 45.4 Å². The lowest BCUT2D eigenvalue weighted by molar-refractivity contribution is 0.483. The van der Waals surface area contributed by atoms with Crippen molar-refractivity contribution in [2.45, 2.75) is 0 Å². The third kappa shape index (κ3) is 11.2. The second-order valence-corrected chi connectivity index (χ2v) is 17.6. The van der Waals surface area contributed by atoms with Crippen molar-refractivity contribution in [1.82, 2.24) is 58.8 Å². The highest BCUT2D eigenvalue weighted by molar-refractivity contribution is 6.31. The van der Waals surface area contributed by atoms with Crippen LogP contribution in [0.4, 0.5) is 34.1 Å². The molecule has 0 saturated heterocycles. The molecule has 18 heteroatoms. The molecule has 0 bridgehead atoms. The predicted octanol–water partition coefficient (Wildman–Crippen LogP) is 4.66. The highest BCUT2D eigenvalue weighted by atomic mass is 15.4. The van der Waals surface area contributed by atoms with E-state index in [1.807, 2.05) is 252 Å². The molecule has 3 aromatic carbocycles. The molecular weight excluding hydrogens is 781 g/mol. The smallest absolute Gasteiger partial charge is 0.200 e. The van der Waals surface area contributed by atoms with Crippen LogP contribution in [0, 0.1) is 0 Å². The molecular formula is C44H76N18. The van der Waals surface area contributed by atoms with Crippen molar-refractivity contribution in [1.29, 1.82) is 0 Å². The summed E-state index contributed by atoms with van der Waals surface area (Å²) in [7, 11) is 47.9. The Kier molecular flexibility index (Phi) is 16.6. The molecule has 0 spiro atoms. The summed E-state index contributed by atoms with van der Waals surface area (Å²) in [6, 6.07) is 8.16. The van der Waals surface area contributed by atoms with Crippen LogP contribution in [0.25, 0.3) is 21.5 Å². The van der Waals surface area contributed by atoms with Gasteiger partial charge in [0.2, 0.25) is 35.8 Å². The average molecular weight is 857 g/mol. The lowest BCUT2D eigenvalue weighted by atomic mass is 9.93. The van der Waals surface area contributed by atoms with Gasteiger partial charge >= 0.3 is 0 Å². The Bertz CT molecular complexity index is 2020. The fourth-order valence-electron chi connectivity index (χ4n) is 7.21. The maximum Gasteiger partial charge on any atom is 0.200 e. The molecule has 0 radical (unpaired) electrons. The Labute approximate surface area is 372 Å². The summed E-state index contributed by atoms with van der Waals surface area (Å²) in [5, 5.41) is 3.11. The minimum Gasteiger partial charge on any atom is -0.349 e. The molecule has 0 aliphatic rings. The molecule has 62 heavy (non-hydrogen) atoms. The number of fused-ring (bicyclic) bond motifs is 3. The Morgan fingerprint density at radius 2 is 0.371 bits per heavy atom. The van der Waals surface area contributed by atoms with Gasteiger partial charge in [-0.3, -0.25) is 0 Å². The molecule has 3 aromatic rings. The van der Waals surface area contributed by atoms with E-state index in [4.69, 9.17) is 30.0 Å². The maximum absolute atomic E-state index is 5.63. The third-order valence-corrected chi connectivity index (χ3v) is 9.38. The second-order valence-electron chi connectivity index (χ2n) is 17.6. The van der Waals surface area contributed by atoms with Crippen LogP contribution in [0.3, 0.4) is 0 Å². The van der Waals surface area contributed by atoms with Gasteiger partial charge in [-0.15, -0.1) is 0 Å². The molecule has 0 heterocycles. The van der Waals surface area contributed by atoms with Gasteiger partial charge in [0, 0.05) is 191 Å².